The number of likely N-dealkylation sites (tertiary alicyclic amines) is 1. The van der Waals surface area contributed by atoms with Gasteiger partial charge < -0.3 is 5.73 Å². The number of nitrogen functional groups attached to an aromatic ring is 1. The van der Waals surface area contributed by atoms with Crippen LogP contribution in [0.3, 0.4) is 0 Å². The van der Waals surface area contributed by atoms with Crippen LogP contribution in [-0.2, 0) is 18.4 Å². The van der Waals surface area contributed by atoms with Crippen LogP contribution in [0, 0.1) is 0 Å². The molecule has 1 aromatic carbocycles. The lowest BCUT2D eigenvalue weighted by molar-refractivity contribution is -0.140. The first-order chi connectivity index (χ1) is 11.3. The SMILES string of the molecule is Nc1ncc(CN2CCC(F)(c3ccccc3C(F)(F)F)CC2)s1. The maximum Gasteiger partial charge on any atom is 0.416 e. The molecule has 1 aliphatic rings. The zero-order valence-corrected chi connectivity index (χ0v) is 13.6. The molecule has 2 heterocycles. The van der Waals surface area contributed by atoms with Gasteiger partial charge in [-0.3, -0.25) is 4.90 Å². The van der Waals surface area contributed by atoms with E-state index in [2.05, 4.69) is 4.98 Å². The number of thiazole rings is 1. The van der Waals surface area contributed by atoms with Gasteiger partial charge in [-0.15, -0.1) is 11.3 Å². The summed E-state index contributed by atoms with van der Waals surface area (Å²) < 4.78 is 54.7. The predicted octanol–water partition coefficient (Wildman–Crippen LogP) is 4.20. The van der Waals surface area contributed by atoms with E-state index in [9.17, 15) is 13.2 Å². The normalized spacial score (nSPS) is 18.7. The summed E-state index contributed by atoms with van der Waals surface area (Å²) in [6, 6.07) is 4.95. The second-order valence-corrected chi connectivity index (χ2v) is 7.10. The van der Waals surface area contributed by atoms with Crippen LogP contribution in [0.25, 0.3) is 0 Å². The van der Waals surface area contributed by atoms with Crippen LogP contribution >= 0.6 is 11.3 Å². The van der Waals surface area contributed by atoms with E-state index in [1.807, 2.05) is 4.90 Å². The third-order valence-corrected chi connectivity index (χ3v) is 5.13. The number of benzene rings is 1. The number of aromatic nitrogens is 1. The molecule has 1 saturated heterocycles. The molecule has 24 heavy (non-hydrogen) atoms. The molecule has 3 rings (SSSR count). The Bertz CT molecular complexity index is 705. The van der Waals surface area contributed by atoms with E-state index in [0.717, 1.165) is 10.9 Å². The molecule has 0 unspecified atom stereocenters. The van der Waals surface area contributed by atoms with Crippen molar-refractivity contribution >= 4 is 16.5 Å². The van der Waals surface area contributed by atoms with Gasteiger partial charge in [0.25, 0.3) is 0 Å². The van der Waals surface area contributed by atoms with Crippen molar-refractivity contribution in [1.82, 2.24) is 9.88 Å². The average molecular weight is 359 g/mol. The van der Waals surface area contributed by atoms with Crippen LogP contribution in [0.1, 0.15) is 28.8 Å². The average Bonchev–Trinajstić information content (AvgIpc) is 2.94. The van der Waals surface area contributed by atoms with Crippen LogP contribution in [0.15, 0.2) is 30.5 Å². The third kappa shape index (κ3) is 3.54. The van der Waals surface area contributed by atoms with Gasteiger partial charge in [0, 0.05) is 36.3 Å². The largest absolute Gasteiger partial charge is 0.416 e. The molecule has 0 radical (unpaired) electrons. The van der Waals surface area contributed by atoms with Crippen molar-refractivity contribution in [3.05, 3.63) is 46.5 Å². The summed E-state index contributed by atoms with van der Waals surface area (Å²) in [5.74, 6) is 0. The van der Waals surface area contributed by atoms with E-state index in [4.69, 9.17) is 5.73 Å². The standard InChI is InChI=1S/C16H17F4N3S/c17-15(12-3-1-2-4-13(12)16(18,19)20)5-7-23(8-6-15)10-11-9-22-14(21)24-11/h1-4,9H,5-8,10H2,(H2,21,22). The Labute approximate surface area is 141 Å². The molecule has 1 aliphatic heterocycles. The van der Waals surface area contributed by atoms with E-state index >= 15 is 4.39 Å². The summed E-state index contributed by atoms with van der Waals surface area (Å²) in [5, 5.41) is 0.473. The molecule has 8 heteroatoms. The predicted molar refractivity (Wildman–Crippen MR) is 85.3 cm³/mol. The molecule has 0 amide bonds. The molecule has 2 N–H and O–H groups in total. The number of piperidine rings is 1. The van der Waals surface area contributed by atoms with Gasteiger partial charge in [0.2, 0.25) is 0 Å². The molecular formula is C16H17F4N3S. The number of nitrogens with zero attached hydrogens (tertiary/aromatic N) is 2. The highest BCUT2D eigenvalue weighted by Gasteiger charge is 2.43. The number of nitrogens with two attached hydrogens (primary N) is 1. The van der Waals surface area contributed by atoms with Gasteiger partial charge >= 0.3 is 6.18 Å². The quantitative estimate of drug-likeness (QED) is 0.835. The van der Waals surface area contributed by atoms with Crippen molar-refractivity contribution in [2.75, 3.05) is 18.8 Å². The molecule has 3 nitrogen and oxygen atoms in total. The molecule has 1 fully saturated rings. The van der Waals surface area contributed by atoms with Gasteiger partial charge in [-0.1, -0.05) is 18.2 Å². The first-order valence-corrected chi connectivity index (χ1v) is 8.38. The highest BCUT2D eigenvalue weighted by Crippen LogP contribution is 2.43. The fourth-order valence-electron chi connectivity index (χ4n) is 3.07. The summed E-state index contributed by atoms with van der Waals surface area (Å²) in [4.78, 5) is 6.95. The third-order valence-electron chi connectivity index (χ3n) is 4.31. The topological polar surface area (TPSA) is 42.1 Å². The van der Waals surface area contributed by atoms with Crippen LogP contribution in [0.2, 0.25) is 0 Å². The summed E-state index contributed by atoms with van der Waals surface area (Å²) in [5.41, 5.74) is 2.50. The lowest BCUT2D eigenvalue weighted by Gasteiger charge is -2.37. The maximum atomic E-state index is 15.3. The lowest BCUT2D eigenvalue weighted by Crippen LogP contribution is -2.40. The second-order valence-electron chi connectivity index (χ2n) is 5.95. The Morgan fingerprint density at radius 3 is 2.46 bits per heavy atom. The maximum absolute atomic E-state index is 15.3. The zero-order chi connectivity index (χ0) is 17.4. The number of alkyl halides is 4. The monoisotopic (exact) mass is 359 g/mol. The first-order valence-electron chi connectivity index (χ1n) is 7.56. The highest BCUT2D eigenvalue weighted by atomic mass is 32.1. The zero-order valence-electron chi connectivity index (χ0n) is 12.8. The van der Waals surface area contributed by atoms with Gasteiger partial charge in [0.1, 0.15) is 5.67 Å². The summed E-state index contributed by atoms with van der Waals surface area (Å²) in [7, 11) is 0. The summed E-state index contributed by atoms with van der Waals surface area (Å²) in [6.07, 6.45) is -2.80. The van der Waals surface area contributed by atoms with Gasteiger partial charge in [-0.05, 0) is 18.9 Å². The Morgan fingerprint density at radius 2 is 1.88 bits per heavy atom. The summed E-state index contributed by atoms with van der Waals surface area (Å²) >= 11 is 1.37. The van der Waals surface area contributed by atoms with Crippen LogP contribution in [0.5, 0.6) is 0 Å². The molecule has 0 aliphatic carbocycles. The first kappa shape index (κ1) is 17.2. The Hall–Kier alpha value is -1.67. The highest BCUT2D eigenvalue weighted by molar-refractivity contribution is 7.15. The summed E-state index contributed by atoms with van der Waals surface area (Å²) in [6.45, 7) is 1.37. The minimum Gasteiger partial charge on any atom is -0.375 e. The smallest absolute Gasteiger partial charge is 0.375 e. The fourth-order valence-corrected chi connectivity index (χ4v) is 3.80. The molecule has 2 aromatic rings. The number of rotatable bonds is 3. The van der Waals surface area contributed by atoms with Crippen LogP contribution in [0.4, 0.5) is 22.7 Å². The minimum atomic E-state index is -4.55. The van der Waals surface area contributed by atoms with E-state index < -0.39 is 17.4 Å². The van der Waals surface area contributed by atoms with Gasteiger partial charge in [-0.2, -0.15) is 13.2 Å². The minimum absolute atomic E-state index is 0.0361. The Kier molecular flexibility index (Phi) is 4.52. The Morgan fingerprint density at radius 1 is 1.21 bits per heavy atom. The van der Waals surface area contributed by atoms with E-state index in [0.29, 0.717) is 24.8 Å². The van der Waals surface area contributed by atoms with Gasteiger partial charge in [0.05, 0.1) is 5.56 Å². The van der Waals surface area contributed by atoms with E-state index in [-0.39, 0.29) is 18.4 Å². The van der Waals surface area contributed by atoms with E-state index in [1.54, 1.807) is 6.20 Å². The van der Waals surface area contributed by atoms with Crippen molar-refractivity contribution in [2.45, 2.75) is 31.2 Å². The molecular weight excluding hydrogens is 342 g/mol. The van der Waals surface area contributed by atoms with Crippen LogP contribution in [-0.4, -0.2) is 23.0 Å². The van der Waals surface area contributed by atoms with Crippen molar-refractivity contribution in [2.24, 2.45) is 0 Å². The molecule has 130 valence electrons. The molecule has 1 aromatic heterocycles. The van der Waals surface area contributed by atoms with Crippen molar-refractivity contribution in [3.8, 4) is 0 Å². The number of hydrogen-bond acceptors (Lipinski definition) is 4. The second kappa shape index (κ2) is 6.33. The molecule has 0 spiro atoms. The van der Waals surface area contributed by atoms with Crippen LogP contribution < -0.4 is 5.73 Å². The molecule has 0 saturated carbocycles. The number of hydrogen-bond donors (Lipinski definition) is 1. The van der Waals surface area contributed by atoms with Gasteiger partial charge in [0.15, 0.2) is 5.13 Å². The lowest BCUT2D eigenvalue weighted by atomic mass is 9.83. The Balaban J connectivity index is 1.73. The van der Waals surface area contributed by atoms with Crippen molar-refractivity contribution in [3.63, 3.8) is 0 Å². The fraction of sp³-hybridized carbons (Fsp3) is 0.438. The van der Waals surface area contributed by atoms with Crippen molar-refractivity contribution in [1.29, 1.82) is 0 Å². The number of anilines is 1. The van der Waals surface area contributed by atoms with Crippen molar-refractivity contribution < 1.29 is 17.6 Å². The van der Waals surface area contributed by atoms with Gasteiger partial charge in [-0.25, -0.2) is 9.37 Å². The molecule has 0 bridgehead atoms. The molecule has 0 atom stereocenters. The van der Waals surface area contributed by atoms with E-state index in [1.165, 1.54) is 29.5 Å². The number of halogens is 4.